The summed E-state index contributed by atoms with van der Waals surface area (Å²) in [6.07, 6.45) is 0.966. The molecule has 0 atom stereocenters. The topological polar surface area (TPSA) is 21.3 Å². The monoisotopic (exact) mass is 193 g/mol. The molecule has 1 rings (SSSR count). The minimum Gasteiger partial charge on any atom is -0.496 e. The van der Waals surface area contributed by atoms with Crippen LogP contribution in [0.2, 0.25) is 0 Å². The first-order valence-corrected chi connectivity index (χ1v) is 4.90. The van der Waals surface area contributed by atoms with Crippen molar-refractivity contribution in [3.8, 4) is 5.75 Å². The van der Waals surface area contributed by atoms with Crippen LogP contribution in [0.5, 0.6) is 5.75 Å². The van der Waals surface area contributed by atoms with Gasteiger partial charge in [-0.15, -0.1) is 0 Å². The first kappa shape index (κ1) is 11.1. The molecule has 0 unspecified atom stereocenters. The Morgan fingerprint density at radius 3 is 2.50 bits per heavy atom. The largest absolute Gasteiger partial charge is 0.496 e. The van der Waals surface area contributed by atoms with Crippen molar-refractivity contribution < 1.29 is 4.74 Å². The number of methoxy groups -OCH3 is 1. The fourth-order valence-electron chi connectivity index (χ4n) is 1.41. The van der Waals surface area contributed by atoms with Gasteiger partial charge in [-0.1, -0.05) is 18.2 Å². The lowest BCUT2D eigenvalue weighted by Gasteiger charge is -2.24. The molecule has 0 aliphatic rings. The van der Waals surface area contributed by atoms with Crippen molar-refractivity contribution in [1.82, 2.24) is 5.32 Å². The lowest BCUT2D eigenvalue weighted by Crippen LogP contribution is -2.38. The summed E-state index contributed by atoms with van der Waals surface area (Å²) >= 11 is 0. The number of benzene rings is 1. The molecule has 0 spiro atoms. The van der Waals surface area contributed by atoms with E-state index in [0.29, 0.717) is 0 Å². The number of nitrogens with one attached hydrogen (secondary N) is 1. The average molecular weight is 193 g/mol. The summed E-state index contributed by atoms with van der Waals surface area (Å²) in [5.41, 5.74) is 1.35. The van der Waals surface area contributed by atoms with Crippen LogP contribution in [0.4, 0.5) is 0 Å². The second kappa shape index (κ2) is 4.47. The van der Waals surface area contributed by atoms with Crippen LogP contribution in [0, 0.1) is 0 Å². The van der Waals surface area contributed by atoms with E-state index in [4.69, 9.17) is 4.74 Å². The Morgan fingerprint density at radius 2 is 1.93 bits per heavy atom. The summed E-state index contributed by atoms with van der Waals surface area (Å²) in [4.78, 5) is 0. The summed E-state index contributed by atoms with van der Waals surface area (Å²) in [6, 6.07) is 8.15. The number of hydrogen-bond acceptors (Lipinski definition) is 2. The van der Waals surface area contributed by atoms with Gasteiger partial charge in [0.2, 0.25) is 0 Å². The molecule has 1 aromatic rings. The average Bonchev–Trinajstić information content (AvgIpc) is 2.18. The fourth-order valence-corrected chi connectivity index (χ4v) is 1.41. The number of likely N-dealkylation sites (N-methyl/N-ethyl adjacent to an activating group) is 1. The van der Waals surface area contributed by atoms with Gasteiger partial charge in [0.05, 0.1) is 7.11 Å². The molecule has 0 saturated heterocycles. The zero-order valence-corrected chi connectivity index (χ0v) is 9.42. The first-order chi connectivity index (χ1) is 6.59. The molecule has 2 heteroatoms. The van der Waals surface area contributed by atoms with Gasteiger partial charge in [0, 0.05) is 5.54 Å². The minimum absolute atomic E-state index is 0.106. The van der Waals surface area contributed by atoms with Crippen molar-refractivity contribution in [1.29, 1.82) is 0 Å². The normalized spacial score (nSPS) is 11.4. The van der Waals surface area contributed by atoms with Gasteiger partial charge in [0.1, 0.15) is 5.75 Å². The predicted octanol–water partition coefficient (Wildman–Crippen LogP) is 2.24. The Kier molecular flexibility index (Phi) is 3.53. The summed E-state index contributed by atoms with van der Waals surface area (Å²) in [6.45, 7) is 4.36. The maximum absolute atomic E-state index is 5.31. The molecule has 78 valence electrons. The van der Waals surface area contributed by atoms with Crippen LogP contribution in [0.3, 0.4) is 0 Å². The molecule has 14 heavy (non-hydrogen) atoms. The van der Waals surface area contributed by atoms with Gasteiger partial charge in [-0.25, -0.2) is 0 Å². The highest BCUT2D eigenvalue weighted by Gasteiger charge is 2.17. The van der Waals surface area contributed by atoms with E-state index in [1.165, 1.54) is 5.56 Å². The van der Waals surface area contributed by atoms with Crippen molar-refractivity contribution in [2.24, 2.45) is 0 Å². The van der Waals surface area contributed by atoms with Crippen LogP contribution in [-0.4, -0.2) is 19.7 Å². The Balaban J connectivity index is 2.85. The van der Waals surface area contributed by atoms with Gasteiger partial charge >= 0.3 is 0 Å². The van der Waals surface area contributed by atoms with E-state index in [-0.39, 0.29) is 5.54 Å². The van der Waals surface area contributed by atoms with E-state index in [1.807, 2.05) is 25.2 Å². The van der Waals surface area contributed by atoms with Crippen molar-refractivity contribution in [3.05, 3.63) is 29.8 Å². The van der Waals surface area contributed by atoms with Crippen molar-refractivity contribution >= 4 is 0 Å². The van der Waals surface area contributed by atoms with Crippen LogP contribution < -0.4 is 10.1 Å². The second-order valence-electron chi connectivity index (χ2n) is 4.12. The maximum atomic E-state index is 5.31. The molecular weight excluding hydrogens is 174 g/mol. The van der Waals surface area contributed by atoms with Crippen molar-refractivity contribution in [3.63, 3.8) is 0 Å². The minimum atomic E-state index is 0.106. The molecule has 1 aromatic carbocycles. The third-order valence-corrected chi connectivity index (χ3v) is 2.50. The van der Waals surface area contributed by atoms with E-state index in [0.717, 1.165) is 12.2 Å². The van der Waals surface area contributed by atoms with E-state index in [2.05, 4.69) is 25.2 Å². The molecule has 0 heterocycles. The molecule has 0 aliphatic carbocycles. The number of rotatable bonds is 4. The molecule has 0 aliphatic heterocycles. The molecule has 1 N–H and O–H groups in total. The van der Waals surface area contributed by atoms with E-state index in [9.17, 15) is 0 Å². The zero-order chi connectivity index (χ0) is 10.6. The van der Waals surface area contributed by atoms with Crippen molar-refractivity contribution in [2.45, 2.75) is 25.8 Å². The van der Waals surface area contributed by atoms with E-state index >= 15 is 0 Å². The third kappa shape index (κ3) is 2.74. The standard InChI is InChI=1S/C12H19NO/c1-12(2,13-3)9-10-7-5-6-8-11(10)14-4/h5-8,13H,9H2,1-4H3. The van der Waals surface area contributed by atoms with Crippen LogP contribution in [0.1, 0.15) is 19.4 Å². The Labute approximate surface area is 86.3 Å². The molecule has 0 bridgehead atoms. The van der Waals surface area contributed by atoms with Gasteiger partial charge in [0.15, 0.2) is 0 Å². The highest BCUT2D eigenvalue weighted by atomic mass is 16.5. The van der Waals surface area contributed by atoms with Crippen LogP contribution in [-0.2, 0) is 6.42 Å². The fraction of sp³-hybridized carbons (Fsp3) is 0.500. The molecule has 0 saturated carbocycles. The number of ether oxygens (including phenoxy) is 1. The summed E-state index contributed by atoms with van der Waals surface area (Å²) in [7, 11) is 3.70. The highest BCUT2D eigenvalue weighted by Crippen LogP contribution is 2.22. The Morgan fingerprint density at radius 1 is 1.29 bits per heavy atom. The van der Waals surface area contributed by atoms with Crippen molar-refractivity contribution in [2.75, 3.05) is 14.2 Å². The highest BCUT2D eigenvalue weighted by molar-refractivity contribution is 5.34. The molecular formula is C12H19NO. The maximum Gasteiger partial charge on any atom is 0.122 e. The Hall–Kier alpha value is -1.02. The molecule has 0 radical (unpaired) electrons. The van der Waals surface area contributed by atoms with Crippen LogP contribution in [0.15, 0.2) is 24.3 Å². The molecule has 2 nitrogen and oxygen atoms in total. The second-order valence-corrected chi connectivity index (χ2v) is 4.12. The lowest BCUT2D eigenvalue weighted by molar-refractivity contribution is 0.386. The summed E-state index contributed by atoms with van der Waals surface area (Å²) < 4.78 is 5.31. The molecule has 0 aromatic heterocycles. The van der Waals surface area contributed by atoms with Crippen LogP contribution >= 0.6 is 0 Å². The Bertz CT molecular complexity index is 294. The van der Waals surface area contributed by atoms with Crippen LogP contribution in [0.25, 0.3) is 0 Å². The van der Waals surface area contributed by atoms with Gasteiger partial charge in [-0.05, 0) is 38.9 Å². The van der Waals surface area contributed by atoms with E-state index < -0.39 is 0 Å². The molecule has 0 fully saturated rings. The van der Waals surface area contributed by atoms with Gasteiger partial charge in [-0.2, -0.15) is 0 Å². The zero-order valence-electron chi connectivity index (χ0n) is 9.42. The van der Waals surface area contributed by atoms with Gasteiger partial charge in [0.25, 0.3) is 0 Å². The van der Waals surface area contributed by atoms with E-state index in [1.54, 1.807) is 7.11 Å². The summed E-state index contributed by atoms with van der Waals surface area (Å²) in [5, 5.41) is 3.29. The summed E-state index contributed by atoms with van der Waals surface area (Å²) in [5.74, 6) is 0.968. The SMILES string of the molecule is CNC(C)(C)Cc1ccccc1OC. The number of hydrogen-bond donors (Lipinski definition) is 1. The third-order valence-electron chi connectivity index (χ3n) is 2.50. The van der Waals surface area contributed by atoms with Gasteiger partial charge in [-0.3, -0.25) is 0 Å². The predicted molar refractivity (Wildman–Crippen MR) is 59.8 cm³/mol. The molecule has 0 amide bonds. The first-order valence-electron chi connectivity index (χ1n) is 4.90. The van der Waals surface area contributed by atoms with Gasteiger partial charge < -0.3 is 10.1 Å². The smallest absolute Gasteiger partial charge is 0.122 e. The lowest BCUT2D eigenvalue weighted by atomic mass is 9.95. The number of para-hydroxylation sites is 1. The quantitative estimate of drug-likeness (QED) is 0.791.